The summed E-state index contributed by atoms with van der Waals surface area (Å²) in [6, 6.07) is 35.9. The smallest absolute Gasteiger partial charge is 0.136 e. The summed E-state index contributed by atoms with van der Waals surface area (Å²) in [5.41, 5.74) is 5.50. The SMILES string of the molecule is [2H]c1c([2H])c([2H])c(-c2c([2H])c3oc4c([2H])c([2H])c([2H])c([2H])c4c3c3c([2H])c(-c4ccc(N(c5ccc(-c6ccccc6)cc5)c5ccc(-c6ccccc6)cc5)cc4)c([2H])c([2H])c23)c([2H])c1[2H]. The van der Waals surface area contributed by atoms with Crippen molar-refractivity contribution in [2.24, 2.45) is 0 Å². The molecule has 0 unspecified atom stereocenters. The molecule has 0 saturated heterocycles. The Hall–Kier alpha value is -7.16. The number of furan rings is 1. The van der Waals surface area contributed by atoms with Crippen molar-refractivity contribution in [2.45, 2.75) is 0 Å². The van der Waals surface area contributed by atoms with Crippen LogP contribution in [0.2, 0.25) is 0 Å². The molecule has 0 N–H and O–H groups in total. The maximum atomic E-state index is 9.87. The van der Waals surface area contributed by atoms with Gasteiger partial charge in [0, 0.05) is 27.8 Å². The molecule has 0 saturated carbocycles. The van der Waals surface area contributed by atoms with Crippen LogP contribution < -0.4 is 4.90 Å². The van der Waals surface area contributed by atoms with Crippen LogP contribution in [0.1, 0.15) is 17.8 Å². The number of fused-ring (bicyclic) bond motifs is 5. The van der Waals surface area contributed by atoms with E-state index in [2.05, 4.69) is 29.2 Å². The van der Waals surface area contributed by atoms with Gasteiger partial charge in [0.15, 0.2) is 0 Å². The third-order valence-electron chi connectivity index (χ3n) is 9.51. The van der Waals surface area contributed by atoms with Crippen LogP contribution in [0.15, 0.2) is 216 Å². The van der Waals surface area contributed by atoms with Crippen molar-refractivity contribution >= 4 is 49.8 Å². The molecule has 10 aromatic rings. The normalized spacial score (nSPS) is 14.7. The van der Waals surface area contributed by atoms with Crippen LogP contribution in [0.4, 0.5) is 17.1 Å². The fourth-order valence-corrected chi connectivity index (χ4v) is 6.90. The number of nitrogens with zero attached hydrogens (tertiary/aromatic N) is 1. The standard InChI is InChI=1S/C52H35NO/c1-4-12-36(13-5-1)38-20-27-43(28-21-38)53(44-29-22-39(23-30-44)37-14-6-2-7-15-37)45-31-24-40(25-32-45)42-26-33-46-48(41-16-8-3-9-17-41)35-51-52(49(46)34-42)47-18-10-11-19-50(47)54-51/h1-35H/i3D,8D,9D,10D,11D,16D,17D,18D,19D,26D,33D,34D,35D. The molecule has 54 heavy (non-hydrogen) atoms. The highest BCUT2D eigenvalue weighted by Crippen LogP contribution is 2.42. The van der Waals surface area contributed by atoms with E-state index in [1.807, 2.05) is 97.1 Å². The van der Waals surface area contributed by atoms with Crippen molar-refractivity contribution < 1.29 is 22.2 Å². The Morgan fingerprint density at radius 2 is 0.852 bits per heavy atom. The third-order valence-corrected chi connectivity index (χ3v) is 9.51. The molecule has 1 aromatic heterocycles. The Balaban J connectivity index is 1.20. The molecule has 254 valence electrons. The second-order valence-electron chi connectivity index (χ2n) is 12.7. The average Bonchev–Trinajstić information content (AvgIpc) is 3.76. The van der Waals surface area contributed by atoms with E-state index in [0.717, 1.165) is 39.3 Å². The van der Waals surface area contributed by atoms with Gasteiger partial charge in [-0.3, -0.25) is 0 Å². The van der Waals surface area contributed by atoms with Gasteiger partial charge in [-0.25, -0.2) is 0 Å². The van der Waals surface area contributed by atoms with Gasteiger partial charge >= 0.3 is 0 Å². The van der Waals surface area contributed by atoms with Crippen molar-refractivity contribution in [3.8, 4) is 44.5 Å². The maximum absolute atomic E-state index is 9.87. The maximum Gasteiger partial charge on any atom is 0.136 e. The summed E-state index contributed by atoms with van der Waals surface area (Å²) < 4.78 is 122. The molecule has 0 aliphatic rings. The number of hydrogen-bond donors (Lipinski definition) is 0. The van der Waals surface area contributed by atoms with E-state index < -0.39 is 78.1 Å². The second-order valence-corrected chi connectivity index (χ2v) is 12.7. The van der Waals surface area contributed by atoms with E-state index in [0.29, 0.717) is 5.56 Å². The first-order valence-electron chi connectivity index (χ1n) is 23.9. The fourth-order valence-electron chi connectivity index (χ4n) is 6.90. The van der Waals surface area contributed by atoms with E-state index in [1.165, 1.54) is 0 Å². The molecule has 0 radical (unpaired) electrons. The quantitative estimate of drug-likeness (QED) is 0.164. The predicted molar refractivity (Wildman–Crippen MR) is 228 cm³/mol. The summed E-state index contributed by atoms with van der Waals surface area (Å²) in [4.78, 5) is 2.07. The lowest BCUT2D eigenvalue weighted by molar-refractivity contribution is 0.669. The molecule has 0 atom stereocenters. The van der Waals surface area contributed by atoms with E-state index in [-0.39, 0.29) is 49.9 Å². The van der Waals surface area contributed by atoms with Gasteiger partial charge in [0.1, 0.15) is 11.2 Å². The average molecular weight is 703 g/mol. The number of anilines is 3. The van der Waals surface area contributed by atoms with Crippen LogP contribution in [0.3, 0.4) is 0 Å². The molecule has 1 heterocycles. The van der Waals surface area contributed by atoms with Gasteiger partial charge in [-0.15, -0.1) is 0 Å². The summed E-state index contributed by atoms with van der Waals surface area (Å²) >= 11 is 0. The van der Waals surface area contributed by atoms with Gasteiger partial charge in [0.05, 0.1) is 17.8 Å². The van der Waals surface area contributed by atoms with Gasteiger partial charge in [0.2, 0.25) is 0 Å². The number of rotatable bonds is 7. The van der Waals surface area contributed by atoms with Crippen LogP contribution in [0, 0.1) is 0 Å². The minimum Gasteiger partial charge on any atom is -0.456 e. The van der Waals surface area contributed by atoms with Gasteiger partial charge in [-0.1, -0.05) is 157 Å². The molecular weight excluding hydrogens is 655 g/mol. The molecule has 0 aliphatic carbocycles. The minimum atomic E-state index is -0.707. The van der Waals surface area contributed by atoms with Crippen molar-refractivity contribution in [3.05, 3.63) is 212 Å². The van der Waals surface area contributed by atoms with Crippen molar-refractivity contribution in [1.29, 1.82) is 0 Å². The zero-order valence-electron chi connectivity index (χ0n) is 41.6. The fraction of sp³-hybridized carbons (Fsp3) is 0. The Morgan fingerprint density at radius 1 is 0.352 bits per heavy atom. The van der Waals surface area contributed by atoms with E-state index in [1.54, 1.807) is 12.1 Å². The lowest BCUT2D eigenvalue weighted by atomic mass is 9.92. The van der Waals surface area contributed by atoms with Gasteiger partial charge < -0.3 is 9.32 Å². The van der Waals surface area contributed by atoms with Crippen LogP contribution >= 0.6 is 0 Å². The summed E-state index contributed by atoms with van der Waals surface area (Å²) in [6.07, 6.45) is 0. The Morgan fingerprint density at radius 3 is 1.43 bits per heavy atom. The van der Waals surface area contributed by atoms with Gasteiger partial charge in [-0.05, 0) is 110 Å². The molecular formula is C52H35NO. The van der Waals surface area contributed by atoms with Crippen molar-refractivity contribution in [2.75, 3.05) is 4.90 Å². The topological polar surface area (TPSA) is 16.4 Å². The lowest BCUT2D eigenvalue weighted by Crippen LogP contribution is -2.09. The van der Waals surface area contributed by atoms with Crippen LogP contribution in [0.5, 0.6) is 0 Å². The number of para-hydroxylation sites is 1. The summed E-state index contributed by atoms with van der Waals surface area (Å²) in [5.74, 6) is 0. The predicted octanol–water partition coefficient (Wildman–Crippen LogP) is 14.9. The molecule has 0 bridgehead atoms. The molecule has 0 fully saturated rings. The third kappa shape index (κ3) is 5.71. The lowest BCUT2D eigenvalue weighted by Gasteiger charge is -2.26. The molecule has 0 amide bonds. The van der Waals surface area contributed by atoms with E-state index in [4.69, 9.17) is 16.8 Å². The second kappa shape index (κ2) is 13.4. The summed E-state index contributed by atoms with van der Waals surface area (Å²) in [7, 11) is 0. The minimum absolute atomic E-state index is 0.0174. The molecule has 2 nitrogen and oxygen atoms in total. The summed E-state index contributed by atoms with van der Waals surface area (Å²) in [6.45, 7) is 0. The highest BCUT2D eigenvalue weighted by molar-refractivity contribution is 6.22. The van der Waals surface area contributed by atoms with E-state index in [9.17, 15) is 5.48 Å². The Bertz CT molecular complexity index is 3520. The van der Waals surface area contributed by atoms with Crippen molar-refractivity contribution in [3.63, 3.8) is 0 Å². The Kier molecular flexibility index (Phi) is 5.17. The largest absolute Gasteiger partial charge is 0.456 e. The number of hydrogen-bond acceptors (Lipinski definition) is 2. The Labute approximate surface area is 333 Å². The van der Waals surface area contributed by atoms with Crippen LogP contribution in [-0.4, -0.2) is 0 Å². The van der Waals surface area contributed by atoms with Gasteiger partial charge in [0.25, 0.3) is 0 Å². The van der Waals surface area contributed by atoms with Crippen LogP contribution in [0.25, 0.3) is 77.2 Å². The van der Waals surface area contributed by atoms with Crippen LogP contribution in [-0.2, 0) is 0 Å². The monoisotopic (exact) mass is 702 g/mol. The molecule has 0 aliphatic heterocycles. The zero-order valence-corrected chi connectivity index (χ0v) is 28.6. The molecule has 10 rings (SSSR count). The summed E-state index contributed by atoms with van der Waals surface area (Å²) in [5, 5.41) is -0.675. The zero-order chi connectivity index (χ0) is 47.2. The number of benzene rings is 9. The highest BCUT2D eigenvalue weighted by atomic mass is 16.3. The first-order valence-corrected chi connectivity index (χ1v) is 17.4. The van der Waals surface area contributed by atoms with Crippen molar-refractivity contribution in [1.82, 2.24) is 0 Å². The first kappa shape index (κ1) is 20.8. The molecule has 0 spiro atoms. The molecule has 9 aromatic carbocycles. The highest BCUT2D eigenvalue weighted by Gasteiger charge is 2.17. The van der Waals surface area contributed by atoms with Gasteiger partial charge in [-0.2, -0.15) is 0 Å². The molecule has 2 heteroatoms. The first-order chi connectivity index (χ1) is 32.2. The van der Waals surface area contributed by atoms with E-state index >= 15 is 0 Å².